The molecule has 0 aromatic rings. The van der Waals surface area contributed by atoms with E-state index in [9.17, 15) is 4.79 Å². The van der Waals surface area contributed by atoms with Crippen LogP contribution in [0.15, 0.2) is 0 Å². The first-order chi connectivity index (χ1) is 6.52. The van der Waals surface area contributed by atoms with Crippen molar-refractivity contribution in [2.24, 2.45) is 16.7 Å². The molecule has 0 aliphatic carbocycles. The Labute approximate surface area is 100 Å². The highest BCUT2D eigenvalue weighted by molar-refractivity contribution is 7.80. The summed E-state index contributed by atoms with van der Waals surface area (Å²) in [4.78, 5) is 12.2. The van der Waals surface area contributed by atoms with E-state index in [0.717, 1.165) is 6.42 Å². The van der Waals surface area contributed by atoms with Crippen molar-refractivity contribution < 1.29 is 4.79 Å². The van der Waals surface area contributed by atoms with Gasteiger partial charge in [0, 0.05) is 11.3 Å². The monoisotopic (exact) mass is 230 g/mol. The first-order valence-electron chi connectivity index (χ1n) is 5.74. The largest absolute Gasteiger partial charge is 0.299 e. The maximum atomic E-state index is 12.2. The molecule has 0 aromatic carbocycles. The molecule has 0 rings (SSSR count). The van der Waals surface area contributed by atoms with Gasteiger partial charge in [-0.2, -0.15) is 12.6 Å². The van der Waals surface area contributed by atoms with Crippen LogP contribution in [0, 0.1) is 16.7 Å². The molecule has 0 heterocycles. The summed E-state index contributed by atoms with van der Waals surface area (Å²) in [6, 6.07) is 0. The Morgan fingerprint density at radius 2 is 1.53 bits per heavy atom. The Morgan fingerprint density at radius 3 is 1.80 bits per heavy atom. The van der Waals surface area contributed by atoms with Gasteiger partial charge in [0.25, 0.3) is 0 Å². The lowest BCUT2D eigenvalue weighted by atomic mass is 9.61. The number of hydrogen-bond acceptors (Lipinski definition) is 2. The minimum atomic E-state index is -0.280. The summed E-state index contributed by atoms with van der Waals surface area (Å²) in [6.45, 7) is 14.5. The van der Waals surface area contributed by atoms with Gasteiger partial charge in [-0.1, -0.05) is 48.5 Å². The minimum absolute atomic E-state index is 0.00444. The van der Waals surface area contributed by atoms with E-state index >= 15 is 0 Å². The Balaban J connectivity index is 4.91. The first-order valence-corrected chi connectivity index (χ1v) is 6.26. The SMILES string of the molecule is CC(S)CC(C)(C)C(C)(C)C(=O)C(C)C. The maximum absolute atomic E-state index is 12.2. The minimum Gasteiger partial charge on any atom is -0.299 e. The van der Waals surface area contributed by atoms with Crippen molar-refractivity contribution in [2.45, 2.75) is 60.1 Å². The third kappa shape index (κ3) is 3.51. The van der Waals surface area contributed by atoms with Crippen LogP contribution in [-0.2, 0) is 4.79 Å². The second kappa shape index (κ2) is 4.90. The molecule has 0 radical (unpaired) electrons. The summed E-state index contributed by atoms with van der Waals surface area (Å²) in [6.07, 6.45) is 0.960. The summed E-state index contributed by atoms with van der Waals surface area (Å²) >= 11 is 4.43. The van der Waals surface area contributed by atoms with Gasteiger partial charge in [0.2, 0.25) is 0 Å². The molecule has 2 heteroatoms. The van der Waals surface area contributed by atoms with Gasteiger partial charge in [0.1, 0.15) is 5.78 Å². The molecule has 0 saturated carbocycles. The predicted octanol–water partition coefficient (Wildman–Crippen LogP) is 3.97. The number of ketones is 1. The van der Waals surface area contributed by atoms with E-state index in [1.807, 2.05) is 13.8 Å². The van der Waals surface area contributed by atoms with Gasteiger partial charge in [-0.3, -0.25) is 4.79 Å². The first kappa shape index (κ1) is 15.0. The van der Waals surface area contributed by atoms with Crippen molar-refractivity contribution in [3.05, 3.63) is 0 Å². The van der Waals surface area contributed by atoms with Crippen LogP contribution in [0.1, 0.15) is 54.9 Å². The molecule has 1 atom stereocenters. The fourth-order valence-electron chi connectivity index (χ4n) is 2.05. The summed E-state index contributed by atoms with van der Waals surface area (Å²) in [7, 11) is 0. The Bertz CT molecular complexity index is 227. The second-order valence-electron chi connectivity index (χ2n) is 6.08. The van der Waals surface area contributed by atoms with Crippen LogP contribution in [-0.4, -0.2) is 11.0 Å². The molecule has 0 bridgehead atoms. The molecule has 0 aromatic heterocycles. The van der Waals surface area contributed by atoms with Gasteiger partial charge in [-0.15, -0.1) is 0 Å². The van der Waals surface area contributed by atoms with Crippen LogP contribution in [0.5, 0.6) is 0 Å². The van der Waals surface area contributed by atoms with E-state index in [1.54, 1.807) is 0 Å². The zero-order valence-electron chi connectivity index (χ0n) is 11.2. The number of carbonyl (C=O) groups excluding carboxylic acids is 1. The van der Waals surface area contributed by atoms with Crippen molar-refractivity contribution in [2.75, 3.05) is 0 Å². The number of carbonyl (C=O) groups is 1. The molecule has 0 saturated heterocycles. The number of thiol groups is 1. The predicted molar refractivity (Wildman–Crippen MR) is 70.5 cm³/mol. The van der Waals surface area contributed by atoms with Crippen LogP contribution in [0.25, 0.3) is 0 Å². The Kier molecular flexibility index (Phi) is 4.91. The molecule has 90 valence electrons. The van der Waals surface area contributed by atoms with E-state index in [4.69, 9.17) is 0 Å². The molecule has 0 N–H and O–H groups in total. The van der Waals surface area contributed by atoms with Gasteiger partial charge in [0.15, 0.2) is 0 Å². The normalized spacial score (nSPS) is 15.5. The van der Waals surface area contributed by atoms with Crippen molar-refractivity contribution in [3.63, 3.8) is 0 Å². The molecule has 0 amide bonds. The Hall–Kier alpha value is 0.0200. The smallest absolute Gasteiger partial charge is 0.141 e. The fourth-order valence-corrected chi connectivity index (χ4v) is 2.51. The third-order valence-corrected chi connectivity index (χ3v) is 3.82. The lowest BCUT2D eigenvalue weighted by molar-refractivity contribution is -0.136. The lowest BCUT2D eigenvalue weighted by Gasteiger charge is -2.42. The molecule has 1 nitrogen and oxygen atoms in total. The van der Waals surface area contributed by atoms with E-state index in [1.165, 1.54) is 0 Å². The highest BCUT2D eigenvalue weighted by atomic mass is 32.1. The maximum Gasteiger partial charge on any atom is 0.141 e. The summed E-state index contributed by atoms with van der Waals surface area (Å²) in [5.41, 5.74) is -0.284. The van der Waals surface area contributed by atoms with Crippen molar-refractivity contribution in [1.29, 1.82) is 0 Å². The zero-order valence-corrected chi connectivity index (χ0v) is 12.1. The molecule has 0 aliphatic rings. The van der Waals surface area contributed by atoms with Crippen LogP contribution in [0.2, 0.25) is 0 Å². The van der Waals surface area contributed by atoms with E-state index in [0.29, 0.717) is 11.0 Å². The average molecular weight is 230 g/mol. The van der Waals surface area contributed by atoms with Crippen molar-refractivity contribution in [1.82, 2.24) is 0 Å². The topological polar surface area (TPSA) is 17.1 Å². The van der Waals surface area contributed by atoms with Crippen LogP contribution >= 0.6 is 12.6 Å². The summed E-state index contributed by atoms with van der Waals surface area (Å²) < 4.78 is 0. The molecule has 0 aliphatic heterocycles. The number of hydrogen-bond donors (Lipinski definition) is 1. The molecule has 0 fully saturated rings. The Morgan fingerprint density at radius 1 is 1.13 bits per heavy atom. The summed E-state index contributed by atoms with van der Waals surface area (Å²) in [5.74, 6) is 0.455. The van der Waals surface area contributed by atoms with Gasteiger partial charge < -0.3 is 0 Å². The average Bonchev–Trinajstić information content (AvgIpc) is 1.99. The highest BCUT2D eigenvalue weighted by Gasteiger charge is 2.43. The summed E-state index contributed by atoms with van der Waals surface area (Å²) in [5, 5.41) is 0.333. The second-order valence-corrected chi connectivity index (χ2v) is 6.96. The van der Waals surface area contributed by atoms with Gasteiger partial charge in [-0.25, -0.2) is 0 Å². The standard InChI is InChI=1S/C13H26OS/c1-9(2)11(14)13(6,7)12(4,5)8-10(3)15/h9-10,15H,8H2,1-7H3. The van der Waals surface area contributed by atoms with Crippen LogP contribution < -0.4 is 0 Å². The lowest BCUT2D eigenvalue weighted by Crippen LogP contribution is -2.42. The van der Waals surface area contributed by atoms with Gasteiger partial charge in [0.05, 0.1) is 0 Å². The molecular weight excluding hydrogens is 204 g/mol. The van der Waals surface area contributed by atoms with E-state index in [2.05, 4.69) is 47.2 Å². The quantitative estimate of drug-likeness (QED) is 0.707. The molecular formula is C13H26OS. The molecule has 1 unspecified atom stereocenters. The third-order valence-electron chi connectivity index (χ3n) is 3.64. The van der Waals surface area contributed by atoms with Gasteiger partial charge in [-0.05, 0) is 17.1 Å². The van der Waals surface area contributed by atoms with Crippen LogP contribution in [0.3, 0.4) is 0 Å². The highest BCUT2D eigenvalue weighted by Crippen LogP contribution is 2.44. The fraction of sp³-hybridized carbons (Fsp3) is 0.923. The van der Waals surface area contributed by atoms with E-state index in [-0.39, 0.29) is 16.7 Å². The van der Waals surface area contributed by atoms with E-state index < -0.39 is 0 Å². The van der Waals surface area contributed by atoms with Crippen LogP contribution in [0.4, 0.5) is 0 Å². The van der Waals surface area contributed by atoms with Crippen molar-refractivity contribution >= 4 is 18.4 Å². The molecule has 0 spiro atoms. The molecule has 15 heavy (non-hydrogen) atoms. The number of rotatable bonds is 5. The number of Topliss-reactive ketones (excluding diaryl/α,β-unsaturated/α-hetero) is 1. The van der Waals surface area contributed by atoms with Gasteiger partial charge >= 0.3 is 0 Å². The van der Waals surface area contributed by atoms with Crippen molar-refractivity contribution in [3.8, 4) is 0 Å². The zero-order chi connectivity index (χ0) is 12.4.